The number of piperidine rings is 1. The number of sulfonamides is 1. The van der Waals surface area contributed by atoms with Gasteiger partial charge in [-0.2, -0.15) is 17.9 Å². The summed E-state index contributed by atoms with van der Waals surface area (Å²) in [5, 5.41) is 0. The van der Waals surface area contributed by atoms with Gasteiger partial charge in [-0.05, 0) is 54.1 Å². The molecule has 4 nitrogen and oxygen atoms in total. The van der Waals surface area contributed by atoms with Crippen molar-refractivity contribution in [2.24, 2.45) is 0 Å². The number of halogens is 5. The van der Waals surface area contributed by atoms with Crippen molar-refractivity contribution in [3.8, 4) is 0 Å². The second-order valence-electron chi connectivity index (χ2n) is 7.73. The Morgan fingerprint density at radius 1 is 1.10 bits per heavy atom. The van der Waals surface area contributed by atoms with Gasteiger partial charge in [0.2, 0.25) is 10.0 Å². The normalized spacial score (nSPS) is 18.9. The summed E-state index contributed by atoms with van der Waals surface area (Å²) in [7, 11) is -4.02. The lowest BCUT2D eigenvalue weighted by molar-refractivity contribution is -0.153. The minimum Gasteiger partial charge on any atom is -0.298 e. The van der Waals surface area contributed by atoms with Crippen LogP contribution < -0.4 is 4.72 Å². The molecular weight excluding hydrogens is 456 g/mol. The summed E-state index contributed by atoms with van der Waals surface area (Å²) in [6.45, 7) is 2.24. The molecule has 0 saturated carbocycles. The van der Waals surface area contributed by atoms with E-state index in [0.717, 1.165) is 37.1 Å². The standard InChI is InChI=1S/C21H24F4N2O2S.ClH/c1-30(28,29)26-20(21(23,24)25)17-6-4-15(5-7-17)13-27-12-2-3-18(14-27)16-8-10-19(22)11-9-16;/h4-11,18,20,26H,2-3,12-14H2,1H3;1H/t18?,20-;/m0./s1. The molecule has 2 aromatic rings. The van der Waals surface area contributed by atoms with Gasteiger partial charge in [-0.1, -0.05) is 36.4 Å². The number of benzene rings is 2. The van der Waals surface area contributed by atoms with Crippen LogP contribution in [0.4, 0.5) is 17.6 Å². The van der Waals surface area contributed by atoms with Gasteiger partial charge in [-0.15, -0.1) is 12.4 Å². The number of rotatable bonds is 6. The van der Waals surface area contributed by atoms with Crippen molar-refractivity contribution >= 4 is 22.4 Å². The molecule has 2 aromatic carbocycles. The highest BCUT2D eigenvalue weighted by atomic mass is 35.5. The van der Waals surface area contributed by atoms with Crippen LogP contribution in [-0.2, 0) is 16.6 Å². The molecule has 1 fully saturated rings. The molecule has 1 aliphatic heterocycles. The number of likely N-dealkylation sites (tertiary alicyclic amines) is 1. The third kappa shape index (κ3) is 7.45. The number of hydrogen-bond acceptors (Lipinski definition) is 3. The van der Waals surface area contributed by atoms with E-state index in [0.29, 0.717) is 12.8 Å². The van der Waals surface area contributed by atoms with Crippen LogP contribution in [0.5, 0.6) is 0 Å². The molecule has 0 aliphatic carbocycles. The average molecular weight is 481 g/mol. The summed E-state index contributed by atoms with van der Waals surface area (Å²) in [5.74, 6) is 0.0150. The Kier molecular flexibility index (Phi) is 8.49. The van der Waals surface area contributed by atoms with Gasteiger partial charge >= 0.3 is 6.18 Å². The van der Waals surface area contributed by atoms with Crippen molar-refractivity contribution in [1.29, 1.82) is 0 Å². The van der Waals surface area contributed by atoms with E-state index in [1.54, 1.807) is 29.0 Å². The maximum atomic E-state index is 13.3. The summed E-state index contributed by atoms with van der Waals surface area (Å²) in [6.07, 6.45) is -2.05. The Balaban J connectivity index is 0.00000341. The Labute approximate surface area is 186 Å². The topological polar surface area (TPSA) is 49.4 Å². The van der Waals surface area contributed by atoms with Crippen LogP contribution in [0.1, 0.15) is 41.5 Å². The Morgan fingerprint density at radius 3 is 2.26 bits per heavy atom. The summed E-state index contributed by atoms with van der Waals surface area (Å²) in [5.41, 5.74) is 1.77. The highest BCUT2D eigenvalue weighted by Crippen LogP contribution is 2.33. The zero-order chi connectivity index (χ0) is 21.9. The first-order valence-corrected chi connectivity index (χ1v) is 11.5. The minimum atomic E-state index is -4.74. The van der Waals surface area contributed by atoms with Gasteiger partial charge < -0.3 is 0 Å². The van der Waals surface area contributed by atoms with Crippen molar-refractivity contribution < 1.29 is 26.0 Å². The largest absolute Gasteiger partial charge is 0.408 e. The molecule has 31 heavy (non-hydrogen) atoms. The fourth-order valence-electron chi connectivity index (χ4n) is 3.82. The summed E-state index contributed by atoms with van der Waals surface area (Å²) in [6, 6.07) is 10.0. The van der Waals surface area contributed by atoms with Crippen LogP contribution in [0.25, 0.3) is 0 Å². The summed E-state index contributed by atoms with van der Waals surface area (Å²) in [4.78, 5) is 2.22. The molecule has 0 spiro atoms. The molecule has 0 amide bonds. The Bertz CT molecular complexity index is 951. The lowest BCUT2D eigenvalue weighted by Crippen LogP contribution is -2.37. The van der Waals surface area contributed by atoms with Gasteiger partial charge in [-0.25, -0.2) is 12.8 Å². The van der Waals surface area contributed by atoms with Gasteiger partial charge in [0.15, 0.2) is 0 Å². The molecule has 172 valence electrons. The molecule has 1 unspecified atom stereocenters. The van der Waals surface area contributed by atoms with Gasteiger partial charge in [0.25, 0.3) is 0 Å². The van der Waals surface area contributed by atoms with Crippen LogP contribution in [0.2, 0.25) is 0 Å². The molecule has 0 radical (unpaired) electrons. The first-order chi connectivity index (χ1) is 14.0. The molecule has 10 heteroatoms. The monoisotopic (exact) mass is 480 g/mol. The minimum absolute atomic E-state index is 0. The predicted octanol–water partition coefficient (Wildman–Crippen LogP) is 4.78. The van der Waals surface area contributed by atoms with Crippen molar-refractivity contribution in [3.63, 3.8) is 0 Å². The van der Waals surface area contributed by atoms with E-state index >= 15 is 0 Å². The van der Waals surface area contributed by atoms with E-state index in [1.165, 1.54) is 24.3 Å². The first-order valence-electron chi connectivity index (χ1n) is 9.62. The molecule has 1 aliphatic rings. The van der Waals surface area contributed by atoms with Gasteiger partial charge in [0.05, 0.1) is 6.26 Å². The number of alkyl halides is 3. The van der Waals surface area contributed by atoms with Crippen molar-refractivity contribution in [2.45, 2.75) is 37.5 Å². The van der Waals surface area contributed by atoms with Crippen LogP contribution >= 0.6 is 12.4 Å². The summed E-state index contributed by atoms with van der Waals surface area (Å²) < 4.78 is 77.3. The first kappa shape index (κ1) is 25.6. The maximum Gasteiger partial charge on any atom is 0.408 e. The second kappa shape index (κ2) is 10.3. The Morgan fingerprint density at radius 2 is 1.71 bits per heavy atom. The molecule has 3 rings (SSSR count). The number of nitrogens with one attached hydrogen (secondary N) is 1. The van der Waals surface area contributed by atoms with Gasteiger partial charge in [0.1, 0.15) is 11.9 Å². The third-order valence-electron chi connectivity index (χ3n) is 5.23. The highest BCUT2D eigenvalue weighted by molar-refractivity contribution is 7.88. The average Bonchev–Trinajstić information content (AvgIpc) is 2.66. The Hall–Kier alpha value is -1.68. The second-order valence-corrected chi connectivity index (χ2v) is 9.51. The van der Waals surface area contributed by atoms with Crippen molar-refractivity contribution in [2.75, 3.05) is 19.3 Å². The molecule has 2 atom stereocenters. The summed E-state index contributed by atoms with van der Waals surface area (Å²) >= 11 is 0. The molecule has 0 aromatic heterocycles. The molecule has 1 saturated heterocycles. The molecule has 0 bridgehead atoms. The van der Waals surface area contributed by atoms with Crippen LogP contribution in [0.15, 0.2) is 48.5 Å². The fourth-order valence-corrected chi connectivity index (χ4v) is 4.52. The van der Waals surface area contributed by atoms with Crippen LogP contribution in [-0.4, -0.2) is 38.8 Å². The van der Waals surface area contributed by atoms with Gasteiger partial charge in [0, 0.05) is 13.1 Å². The zero-order valence-electron chi connectivity index (χ0n) is 16.9. The maximum absolute atomic E-state index is 13.3. The van der Waals surface area contributed by atoms with Gasteiger partial charge in [-0.3, -0.25) is 4.90 Å². The van der Waals surface area contributed by atoms with Crippen LogP contribution in [0.3, 0.4) is 0 Å². The van der Waals surface area contributed by atoms with Crippen molar-refractivity contribution in [3.05, 3.63) is 71.0 Å². The lowest BCUT2D eigenvalue weighted by Gasteiger charge is -2.33. The third-order valence-corrected chi connectivity index (χ3v) is 5.89. The van der Waals surface area contributed by atoms with E-state index in [-0.39, 0.29) is 29.7 Å². The number of nitrogens with zero attached hydrogens (tertiary/aromatic N) is 1. The molecular formula is C21H25ClF4N2O2S. The van der Waals surface area contributed by atoms with E-state index < -0.39 is 22.2 Å². The van der Waals surface area contributed by atoms with Crippen LogP contribution in [0, 0.1) is 5.82 Å². The number of hydrogen-bond donors (Lipinski definition) is 1. The van der Waals surface area contributed by atoms with E-state index in [4.69, 9.17) is 0 Å². The molecule has 1 heterocycles. The predicted molar refractivity (Wildman–Crippen MR) is 114 cm³/mol. The highest BCUT2D eigenvalue weighted by Gasteiger charge is 2.42. The van der Waals surface area contributed by atoms with Crippen molar-refractivity contribution in [1.82, 2.24) is 9.62 Å². The van der Waals surface area contributed by atoms with E-state index in [1.807, 2.05) is 0 Å². The fraction of sp³-hybridized carbons (Fsp3) is 0.429. The van der Waals surface area contributed by atoms with E-state index in [9.17, 15) is 26.0 Å². The zero-order valence-corrected chi connectivity index (χ0v) is 18.5. The SMILES string of the molecule is CS(=O)(=O)N[C@@H](c1ccc(CN2CCCC(c3ccc(F)cc3)C2)cc1)C(F)(F)F.Cl. The van der Waals surface area contributed by atoms with E-state index in [2.05, 4.69) is 4.90 Å². The quantitative estimate of drug-likeness (QED) is 0.605. The smallest absolute Gasteiger partial charge is 0.298 e. The molecule has 1 N–H and O–H groups in total. The lowest BCUT2D eigenvalue weighted by atomic mass is 9.90.